The van der Waals surface area contributed by atoms with Crippen molar-refractivity contribution in [1.82, 2.24) is 16.0 Å². The summed E-state index contributed by atoms with van der Waals surface area (Å²) >= 11 is 0. The highest BCUT2D eigenvalue weighted by Crippen LogP contribution is 2.04. The van der Waals surface area contributed by atoms with Crippen LogP contribution in [0.4, 0.5) is 0 Å². The minimum atomic E-state index is -1.72. The molecule has 16 nitrogen and oxygen atoms in total. The van der Waals surface area contributed by atoms with Crippen molar-refractivity contribution < 1.29 is 44.1 Å². The number of carbonyl (C=O) groups excluding carboxylic acids is 3. The lowest BCUT2D eigenvalue weighted by atomic mass is 10.1. The van der Waals surface area contributed by atoms with Gasteiger partial charge in [0.05, 0.1) is 12.5 Å². The summed E-state index contributed by atoms with van der Waals surface area (Å²) in [6, 6.07) is -5.56. The molecule has 0 saturated heterocycles. The Bertz CT molecular complexity index is 797. The Hall–Kier alpha value is -3.95. The van der Waals surface area contributed by atoms with Crippen molar-refractivity contribution in [2.24, 2.45) is 22.2 Å². The van der Waals surface area contributed by atoms with Gasteiger partial charge in [0.2, 0.25) is 17.7 Å². The third-order valence-electron chi connectivity index (χ3n) is 4.27. The first kappa shape index (κ1) is 30.1. The average Bonchev–Trinajstić information content (AvgIpc) is 2.71. The Labute approximate surface area is 194 Å². The van der Waals surface area contributed by atoms with Gasteiger partial charge in [-0.15, -0.1) is 0 Å². The van der Waals surface area contributed by atoms with Gasteiger partial charge in [0, 0.05) is 13.0 Å². The lowest BCUT2D eigenvalue weighted by molar-refractivity contribution is -0.144. The van der Waals surface area contributed by atoms with Gasteiger partial charge in [-0.3, -0.25) is 29.0 Å². The lowest BCUT2D eigenvalue weighted by Crippen LogP contribution is -2.57. The van der Waals surface area contributed by atoms with Crippen molar-refractivity contribution in [3.8, 4) is 0 Å². The fourth-order valence-electron chi connectivity index (χ4n) is 2.53. The van der Waals surface area contributed by atoms with Crippen LogP contribution < -0.4 is 33.2 Å². The first-order chi connectivity index (χ1) is 15.7. The second kappa shape index (κ2) is 15.0. The zero-order chi connectivity index (χ0) is 26.4. The monoisotopic (exact) mass is 489 g/mol. The van der Waals surface area contributed by atoms with Crippen molar-refractivity contribution in [2.45, 2.75) is 63.2 Å². The summed E-state index contributed by atoms with van der Waals surface area (Å²) in [6.45, 7) is 1.48. The van der Waals surface area contributed by atoms with Crippen LogP contribution in [0.2, 0.25) is 0 Å². The lowest BCUT2D eigenvalue weighted by Gasteiger charge is -2.24. The van der Waals surface area contributed by atoms with Gasteiger partial charge in [-0.25, -0.2) is 4.79 Å². The summed E-state index contributed by atoms with van der Waals surface area (Å²) in [5, 5.41) is 33.5. The van der Waals surface area contributed by atoms with Crippen molar-refractivity contribution >= 4 is 41.6 Å². The third-order valence-corrected chi connectivity index (χ3v) is 4.27. The predicted molar refractivity (Wildman–Crippen MR) is 116 cm³/mol. The highest BCUT2D eigenvalue weighted by atomic mass is 16.4. The van der Waals surface area contributed by atoms with Gasteiger partial charge in [0.15, 0.2) is 5.96 Å². The fraction of sp³-hybridized carbons (Fsp3) is 0.611. The molecular weight excluding hydrogens is 458 g/mol. The number of hydrogen-bond acceptors (Lipinski definition) is 8. The molecule has 0 aliphatic rings. The summed E-state index contributed by atoms with van der Waals surface area (Å²) in [5.41, 5.74) is 15.9. The van der Waals surface area contributed by atoms with E-state index in [0.717, 1.165) is 0 Å². The molecule has 4 atom stereocenters. The number of rotatable bonds is 16. The Kier molecular flexibility index (Phi) is 13.2. The van der Waals surface area contributed by atoms with Crippen LogP contribution in [0.25, 0.3) is 0 Å². The van der Waals surface area contributed by atoms with Gasteiger partial charge in [-0.1, -0.05) is 0 Å². The molecule has 0 aromatic rings. The molecule has 3 amide bonds. The topological polar surface area (TPSA) is 290 Å². The number of nitrogens with zero attached hydrogens (tertiary/aromatic N) is 1. The number of aliphatic imine (C=N–C) groups is 1. The normalized spacial score (nSPS) is 13.9. The van der Waals surface area contributed by atoms with Crippen LogP contribution in [-0.2, 0) is 28.8 Å². The molecule has 4 unspecified atom stereocenters. The van der Waals surface area contributed by atoms with Crippen molar-refractivity contribution in [3.05, 3.63) is 0 Å². The second-order valence-corrected chi connectivity index (χ2v) is 7.29. The quantitative estimate of drug-likeness (QED) is 0.0574. The highest BCUT2D eigenvalue weighted by molar-refractivity contribution is 5.95. The molecule has 0 spiro atoms. The number of guanidine groups is 1. The zero-order valence-corrected chi connectivity index (χ0v) is 18.5. The molecule has 0 bridgehead atoms. The zero-order valence-electron chi connectivity index (χ0n) is 18.5. The molecule has 12 N–H and O–H groups in total. The van der Waals surface area contributed by atoms with Crippen molar-refractivity contribution in [2.75, 3.05) is 6.54 Å². The molecule has 0 aliphatic heterocycles. The number of aliphatic carboxylic acids is 3. The van der Waals surface area contributed by atoms with E-state index < -0.39 is 79.1 Å². The maximum Gasteiger partial charge on any atom is 0.326 e. The van der Waals surface area contributed by atoms with E-state index in [-0.39, 0.29) is 25.3 Å². The first-order valence-corrected chi connectivity index (χ1v) is 10.1. The number of hydrogen-bond donors (Lipinski definition) is 9. The highest BCUT2D eigenvalue weighted by Gasteiger charge is 2.31. The van der Waals surface area contributed by atoms with Crippen LogP contribution in [0, 0.1) is 0 Å². The van der Waals surface area contributed by atoms with Gasteiger partial charge in [-0.2, -0.15) is 0 Å². The van der Waals surface area contributed by atoms with E-state index in [1.54, 1.807) is 0 Å². The first-order valence-electron chi connectivity index (χ1n) is 10.1. The van der Waals surface area contributed by atoms with Crippen LogP contribution in [-0.4, -0.2) is 87.6 Å². The van der Waals surface area contributed by atoms with Crippen LogP contribution in [0.1, 0.15) is 39.0 Å². The van der Waals surface area contributed by atoms with Gasteiger partial charge in [0.25, 0.3) is 0 Å². The van der Waals surface area contributed by atoms with E-state index in [1.165, 1.54) is 6.92 Å². The van der Waals surface area contributed by atoms with Gasteiger partial charge < -0.3 is 48.5 Å². The molecule has 16 heteroatoms. The maximum atomic E-state index is 12.7. The molecule has 0 rings (SSSR count). The smallest absolute Gasteiger partial charge is 0.326 e. The van der Waals surface area contributed by atoms with Crippen LogP contribution in [0.3, 0.4) is 0 Å². The van der Waals surface area contributed by atoms with Crippen LogP contribution >= 0.6 is 0 Å². The second-order valence-electron chi connectivity index (χ2n) is 7.29. The Morgan fingerprint density at radius 3 is 1.79 bits per heavy atom. The van der Waals surface area contributed by atoms with Crippen LogP contribution in [0.15, 0.2) is 4.99 Å². The van der Waals surface area contributed by atoms with E-state index in [0.29, 0.717) is 0 Å². The van der Waals surface area contributed by atoms with E-state index in [9.17, 15) is 33.9 Å². The van der Waals surface area contributed by atoms with Gasteiger partial charge in [-0.05, 0) is 26.2 Å². The largest absolute Gasteiger partial charge is 0.481 e. The molecule has 34 heavy (non-hydrogen) atoms. The molecule has 0 saturated carbocycles. The van der Waals surface area contributed by atoms with Crippen molar-refractivity contribution in [1.29, 1.82) is 0 Å². The Morgan fingerprint density at radius 1 is 0.794 bits per heavy atom. The number of carbonyl (C=O) groups is 6. The van der Waals surface area contributed by atoms with Crippen molar-refractivity contribution in [3.63, 3.8) is 0 Å². The average molecular weight is 489 g/mol. The summed E-state index contributed by atoms with van der Waals surface area (Å²) < 4.78 is 0. The SMILES string of the molecule is CC(N)C(=O)NC(CCCN=C(N)N)C(=O)NC(CC(=O)O)C(=O)NC(CCC(=O)O)C(=O)O. The van der Waals surface area contributed by atoms with E-state index >= 15 is 0 Å². The number of nitrogens with two attached hydrogens (primary N) is 3. The molecule has 0 aromatic carbocycles. The Morgan fingerprint density at radius 2 is 1.32 bits per heavy atom. The summed E-state index contributed by atoms with van der Waals surface area (Å²) in [5.74, 6) is -7.30. The number of carboxylic acid groups (broad SMARTS) is 3. The third kappa shape index (κ3) is 12.8. The van der Waals surface area contributed by atoms with Gasteiger partial charge >= 0.3 is 17.9 Å². The summed E-state index contributed by atoms with van der Waals surface area (Å²) in [6.07, 6.45) is -1.73. The molecule has 192 valence electrons. The Balaban J connectivity index is 5.50. The standard InChI is InChI=1S/C18H31N7O9/c1-8(19)14(30)23-9(3-2-6-22-18(20)21)15(31)25-11(7-13(28)29)16(32)24-10(17(33)34)4-5-12(26)27/h8-11H,2-7,19H2,1H3,(H,23,30)(H,24,32)(H,25,31)(H,26,27)(H,28,29)(H,33,34)(H4,20,21,22). The molecule has 0 aliphatic carbocycles. The van der Waals surface area contributed by atoms with Crippen LogP contribution in [0.5, 0.6) is 0 Å². The van der Waals surface area contributed by atoms with E-state index in [1.807, 2.05) is 5.32 Å². The maximum absolute atomic E-state index is 12.7. The van der Waals surface area contributed by atoms with E-state index in [2.05, 4.69) is 15.6 Å². The predicted octanol–water partition coefficient (Wildman–Crippen LogP) is -3.73. The molecule has 0 fully saturated rings. The van der Waals surface area contributed by atoms with E-state index in [4.69, 9.17) is 27.4 Å². The number of nitrogens with one attached hydrogen (secondary N) is 3. The molecule has 0 radical (unpaired) electrons. The molecule has 0 heterocycles. The minimum Gasteiger partial charge on any atom is -0.481 e. The fourth-order valence-corrected chi connectivity index (χ4v) is 2.53. The molecular formula is C18H31N7O9. The number of carboxylic acids is 3. The summed E-state index contributed by atoms with van der Waals surface area (Å²) in [4.78, 5) is 74.1. The van der Waals surface area contributed by atoms with Gasteiger partial charge in [0.1, 0.15) is 18.1 Å². The minimum absolute atomic E-state index is 0.00114. The molecule has 0 aromatic heterocycles. The summed E-state index contributed by atoms with van der Waals surface area (Å²) in [7, 11) is 0. The number of amides is 3.